The van der Waals surface area contributed by atoms with Gasteiger partial charge in [-0.1, -0.05) is 0 Å². The normalized spacial score (nSPS) is 20.4. The van der Waals surface area contributed by atoms with Gasteiger partial charge in [0.25, 0.3) is 0 Å². The van der Waals surface area contributed by atoms with Crippen molar-refractivity contribution in [2.75, 3.05) is 45.1 Å². The van der Waals surface area contributed by atoms with Crippen LogP contribution in [-0.4, -0.2) is 60.6 Å². The number of piperazine rings is 1. The Labute approximate surface area is 108 Å². The van der Waals surface area contributed by atoms with Crippen LogP contribution in [0.5, 0.6) is 0 Å². The van der Waals surface area contributed by atoms with Gasteiger partial charge in [0.2, 0.25) is 0 Å². The molecule has 0 aromatic carbocycles. The second-order valence-electron chi connectivity index (χ2n) is 4.74. The Hall–Kier alpha value is -0.650. The molecule has 17 heavy (non-hydrogen) atoms. The molecular weight excluding hydrogens is 232 g/mol. The summed E-state index contributed by atoms with van der Waals surface area (Å²) in [5.74, 6) is 0. The first-order valence-corrected chi connectivity index (χ1v) is 7.19. The topological polar surface area (TPSA) is 31.4 Å². The van der Waals surface area contributed by atoms with Crippen LogP contribution in [0.4, 0.5) is 5.13 Å². The average molecular weight is 254 g/mol. The van der Waals surface area contributed by atoms with Crippen LogP contribution >= 0.6 is 11.3 Å². The fraction of sp³-hybridized carbons (Fsp3) is 0.750. The molecule has 0 radical (unpaired) electrons. The highest BCUT2D eigenvalue weighted by molar-refractivity contribution is 7.13. The predicted octanol–water partition coefficient (Wildman–Crippen LogP) is 1.58. The van der Waals surface area contributed by atoms with Gasteiger partial charge in [-0.15, -0.1) is 11.3 Å². The van der Waals surface area contributed by atoms with Gasteiger partial charge < -0.3 is 10.2 Å². The van der Waals surface area contributed by atoms with E-state index in [1.165, 1.54) is 32.6 Å². The highest BCUT2D eigenvalue weighted by Gasteiger charge is 2.18. The first-order chi connectivity index (χ1) is 8.25. The maximum absolute atomic E-state index is 4.22. The van der Waals surface area contributed by atoms with Crippen LogP contribution in [0.25, 0.3) is 0 Å². The van der Waals surface area contributed by atoms with Crippen LogP contribution in [0.2, 0.25) is 0 Å². The average Bonchev–Trinajstić information content (AvgIpc) is 2.83. The quantitative estimate of drug-likeness (QED) is 0.864. The molecule has 1 aliphatic heterocycles. The molecule has 0 spiro atoms. The standard InChI is InChI=1S/C12H22N4S/c1-11(16-8-6-15(2)7-9-16)3-4-13-12-14-5-10-17-12/h5,10-11H,3-4,6-9H2,1-2H3,(H,13,14)/t11-/m0/s1. The van der Waals surface area contributed by atoms with Crippen LogP contribution in [0.1, 0.15) is 13.3 Å². The molecule has 0 amide bonds. The number of hydrogen-bond acceptors (Lipinski definition) is 5. The van der Waals surface area contributed by atoms with Crippen LogP contribution in [0, 0.1) is 0 Å². The van der Waals surface area contributed by atoms with Crippen molar-refractivity contribution < 1.29 is 0 Å². The zero-order valence-electron chi connectivity index (χ0n) is 10.7. The van der Waals surface area contributed by atoms with Gasteiger partial charge in [0.1, 0.15) is 0 Å². The van der Waals surface area contributed by atoms with Crippen molar-refractivity contribution in [1.29, 1.82) is 0 Å². The zero-order valence-corrected chi connectivity index (χ0v) is 11.5. The maximum atomic E-state index is 4.22. The number of nitrogens with one attached hydrogen (secondary N) is 1. The molecule has 1 aliphatic rings. The van der Waals surface area contributed by atoms with Gasteiger partial charge in [-0.3, -0.25) is 4.90 Å². The number of thiazole rings is 1. The number of rotatable bonds is 5. The Balaban J connectivity index is 1.65. The summed E-state index contributed by atoms with van der Waals surface area (Å²) in [7, 11) is 2.20. The van der Waals surface area contributed by atoms with E-state index in [0.717, 1.165) is 11.7 Å². The summed E-state index contributed by atoms with van der Waals surface area (Å²) in [6.45, 7) is 8.15. The first-order valence-electron chi connectivity index (χ1n) is 6.31. The van der Waals surface area contributed by atoms with Gasteiger partial charge in [0.05, 0.1) is 0 Å². The maximum Gasteiger partial charge on any atom is 0.182 e. The molecule has 1 aromatic rings. The summed E-state index contributed by atoms with van der Waals surface area (Å²) in [6, 6.07) is 0.663. The molecule has 4 nitrogen and oxygen atoms in total. The number of nitrogens with zero attached hydrogens (tertiary/aromatic N) is 3. The second-order valence-corrected chi connectivity index (χ2v) is 5.64. The van der Waals surface area contributed by atoms with Crippen molar-refractivity contribution in [3.05, 3.63) is 11.6 Å². The molecule has 0 aliphatic carbocycles. The number of anilines is 1. The summed E-state index contributed by atoms with van der Waals surface area (Å²) >= 11 is 1.67. The van der Waals surface area contributed by atoms with E-state index < -0.39 is 0 Å². The molecule has 1 saturated heterocycles. The van der Waals surface area contributed by atoms with Crippen molar-refractivity contribution in [2.24, 2.45) is 0 Å². The fourth-order valence-corrected chi connectivity index (χ4v) is 2.70. The largest absolute Gasteiger partial charge is 0.361 e. The molecule has 0 bridgehead atoms. The molecule has 1 aromatic heterocycles. The minimum absolute atomic E-state index is 0.663. The van der Waals surface area contributed by atoms with Crippen molar-refractivity contribution in [3.8, 4) is 0 Å². The van der Waals surface area contributed by atoms with Gasteiger partial charge >= 0.3 is 0 Å². The van der Waals surface area contributed by atoms with Gasteiger partial charge in [-0.25, -0.2) is 4.98 Å². The Morgan fingerprint density at radius 3 is 2.82 bits per heavy atom. The number of likely N-dealkylation sites (N-methyl/N-ethyl adjacent to an activating group) is 1. The molecular formula is C12H22N4S. The molecule has 1 atom stereocenters. The molecule has 2 heterocycles. The molecule has 1 fully saturated rings. The van der Waals surface area contributed by atoms with Crippen molar-refractivity contribution >= 4 is 16.5 Å². The van der Waals surface area contributed by atoms with Gasteiger partial charge in [0, 0.05) is 50.3 Å². The number of aromatic nitrogens is 1. The lowest BCUT2D eigenvalue weighted by atomic mass is 10.2. The summed E-state index contributed by atoms with van der Waals surface area (Å²) in [5.41, 5.74) is 0. The lowest BCUT2D eigenvalue weighted by molar-refractivity contribution is 0.116. The van der Waals surface area contributed by atoms with Gasteiger partial charge in [0.15, 0.2) is 5.13 Å². The van der Waals surface area contributed by atoms with Crippen LogP contribution in [-0.2, 0) is 0 Å². The SMILES string of the molecule is C[C@@H](CCNc1nccs1)N1CCN(C)CC1. The van der Waals surface area contributed by atoms with Gasteiger partial charge in [-0.2, -0.15) is 0 Å². The Morgan fingerprint density at radius 2 is 2.18 bits per heavy atom. The fourth-order valence-electron chi connectivity index (χ4n) is 2.14. The Bertz CT molecular complexity index is 306. The predicted molar refractivity (Wildman–Crippen MR) is 73.8 cm³/mol. The highest BCUT2D eigenvalue weighted by atomic mass is 32.1. The summed E-state index contributed by atoms with van der Waals surface area (Å²) in [5, 5.41) is 6.42. The van der Waals surface area contributed by atoms with Crippen molar-refractivity contribution in [3.63, 3.8) is 0 Å². The minimum Gasteiger partial charge on any atom is -0.361 e. The van der Waals surface area contributed by atoms with Crippen LogP contribution in [0.3, 0.4) is 0 Å². The monoisotopic (exact) mass is 254 g/mol. The van der Waals surface area contributed by atoms with Gasteiger partial charge in [-0.05, 0) is 20.4 Å². The Kier molecular flexibility index (Phi) is 4.76. The zero-order chi connectivity index (χ0) is 12.1. The van der Waals surface area contributed by atoms with Crippen molar-refractivity contribution in [1.82, 2.24) is 14.8 Å². The molecule has 5 heteroatoms. The molecule has 0 saturated carbocycles. The van der Waals surface area contributed by atoms with Crippen molar-refractivity contribution in [2.45, 2.75) is 19.4 Å². The van der Waals surface area contributed by atoms with E-state index in [-0.39, 0.29) is 0 Å². The van der Waals surface area contributed by atoms with E-state index in [9.17, 15) is 0 Å². The third-order valence-electron chi connectivity index (χ3n) is 3.43. The van der Waals surface area contributed by atoms with Crippen LogP contribution < -0.4 is 5.32 Å². The highest BCUT2D eigenvalue weighted by Crippen LogP contribution is 2.12. The summed E-state index contributed by atoms with van der Waals surface area (Å²) < 4.78 is 0. The van der Waals surface area contributed by atoms with Crippen LogP contribution in [0.15, 0.2) is 11.6 Å². The first kappa shape index (κ1) is 12.8. The molecule has 96 valence electrons. The third-order valence-corrected chi connectivity index (χ3v) is 4.16. The van der Waals surface area contributed by atoms with E-state index >= 15 is 0 Å². The smallest absolute Gasteiger partial charge is 0.182 e. The van der Waals surface area contributed by atoms with E-state index in [0.29, 0.717) is 6.04 Å². The second kappa shape index (κ2) is 6.33. The summed E-state index contributed by atoms with van der Waals surface area (Å²) in [6.07, 6.45) is 3.03. The summed E-state index contributed by atoms with van der Waals surface area (Å²) in [4.78, 5) is 9.21. The van der Waals surface area contributed by atoms with E-state index in [4.69, 9.17) is 0 Å². The minimum atomic E-state index is 0.663. The van der Waals surface area contributed by atoms with E-state index in [1.54, 1.807) is 11.3 Å². The number of hydrogen-bond donors (Lipinski definition) is 1. The van der Waals surface area contributed by atoms with E-state index in [2.05, 4.69) is 34.1 Å². The molecule has 2 rings (SSSR count). The molecule has 0 unspecified atom stereocenters. The third kappa shape index (κ3) is 3.94. The lowest BCUT2D eigenvalue weighted by Crippen LogP contribution is -2.48. The Morgan fingerprint density at radius 1 is 1.41 bits per heavy atom. The lowest BCUT2D eigenvalue weighted by Gasteiger charge is -2.36. The molecule has 1 N–H and O–H groups in total. The van der Waals surface area contributed by atoms with E-state index in [1.807, 2.05) is 11.6 Å².